The van der Waals surface area contributed by atoms with Crippen LogP contribution in [0.1, 0.15) is 21.5 Å². The van der Waals surface area contributed by atoms with E-state index in [-0.39, 0.29) is 5.95 Å². The maximum Gasteiger partial charge on any atom is 0.251 e. The van der Waals surface area contributed by atoms with E-state index in [0.717, 1.165) is 11.1 Å². The van der Waals surface area contributed by atoms with Gasteiger partial charge in [0.1, 0.15) is 0 Å². The molecule has 0 aliphatic rings. The summed E-state index contributed by atoms with van der Waals surface area (Å²) in [6.45, 7) is 3.75. The van der Waals surface area contributed by atoms with Crippen molar-refractivity contribution in [3.05, 3.63) is 52.2 Å². The second kappa shape index (κ2) is 5.98. The lowest BCUT2D eigenvalue weighted by Gasteiger charge is -2.07. The molecule has 7 heteroatoms. The molecule has 5 N–H and O–H groups in total. The molecule has 0 aliphatic heterocycles. The number of rotatable bonds is 3. The van der Waals surface area contributed by atoms with Gasteiger partial charge in [0.05, 0.1) is 22.6 Å². The van der Waals surface area contributed by atoms with Crippen LogP contribution in [0, 0.1) is 13.8 Å². The molecule has 0 spiro atoms. The quantitative estimate of drug-likeness (QED) is 0.679. The molecule has 0 aliphatic carbocycles. The van der Waals surface area contributed by atoms with Crippen molar-refractivity contribution in [3.8, 4) is 22.6 Å². The number of hydrogen-bond acceptors (Lipinski definition) is 4. The molecule has 6 nitrogen and oxygen atoms in total. The monoisotopic (exact) mass is 341 g/mol. The molecule has 0 unspecified atom stereocenters. The average Bonchev–Trinajstić information content (AvgIpc) is 2.87. The van der Waals surface area contributed by atoms with E-state index >= 15 is 0 Å². The summed E-state index contributed by atoms with van der Waals surface area (Å²) in [6, 6.07) is 7.20. The lowest BCUT2D eigenvalue weighted by molar-refractivity contribution is 0.100. The second-order valence-corrected chi connectivity index (χ2v) is 5.94. The SMILES string of the molecule is Cc1ccc(Cl)cc1-c1[nH]c(-c2ccnc(N)n2)c(C)c1C(N)=O. The number of carbonyl (C=O) groups excluding carboxylic acids is 1. The van der Waals surface area contributed by atoms with Crippen LogP contribution in [0.2, 0.25) is 5.02 Å². The third-order valence-electron chi connectivity index (χ3n) is 3.90. The number of primary amides is 1. The van der Waals surface area contributed by atoms with Gasteiger partial charge in [0.15, 0.2) is 0 Å². The number of halogens is 1. The first-order valence-electron chi connectivity index (χ1n) is 7.26. The van der Waals surface area contributed by atoms with Gasteiger partial charge in [-0.25, -0.2) is 9.97 Å². The van der Waals surface area contributed by atoms with Gasteiger partial charge in [-0.05, 0) is 43.2 Å². The first kappa shape index (κ1) is 16.0. The second-order valence-electron chi connectivity index (χ2n) is 5.50. The van der Waals surface area contributed by atoms with Crippen LogP contribution in [0.15, 0.2) is 30.5 Å². The van der Waals surface area contributed by atoms with Crippen molar-refractivity contribution >= 4 is 23.5 Å². The summed E-state index contributed by atoms with van der Waals surface area (Å²) in [5.41, 5.74) is 16.1. The summed E-state index contributed by atoms with van der Waals surface area (Å²) in [6.07, 6.45) is 1.56. The number of carbonyl (C=O) groups is 1. The highest BCUT2D eigenvalue weighted by Gasteiger charge is 2.22. The van der Waals surface area contributed by atoms with Gasteiger partial charge in [-0.1, -0.05) is 17.7 Å². The number of nitrogen functional groups attached to an aromatic ring is 1. The van der Waals surface area contributed by atoms with Gasteiger partial charge >= 0.3 is 0 Å². The summed E-state index contributed by atoms with van der Waals surface area (Å²) in [5, 5.41) is 0.575. The Hall–Kier alpha value is -2.86. The Labute approximate surface area is 143 Å². The summed E-state index contributed by atoms with van der Waals surface area (Å²) < 4.78 is 0. The highest BCUT2D eigenvalue weighted by Crippen LogP contribution is 2.35. The molecule has 1 amide bonds. The van der Waals surface area contributed by atoms with Gasteiger partial charge in [-0.2, -0.15) is 0 Å². The van der Waals surface area contributed by atoms with Crippen molar-refractivity contribution in [2.45, 2.75) is 13.8 Å². The minimum atomic E-state index is -0.522. The van der Waals surface area contributed by atoms with Crippen molar-refractivity contribution < 1.29 is 4.79 Å². The number of anilines is 1. The summed E-state index contributed by atoms with van der Waals surface area (Å²) >= 11 is 6.12. The van der Waals surface area contributed by atoms with Crippen molar-refractivity contribution in [2.24, 2.45) is 5.73 Å². The number of aryl methyl sites for hydroxylation is 1. The van der Waals surface area contributed by atoms with Gasteiger partial charge in [-0.15, -0.1) is 0 Å². The fourth-order valence-corrected chi connectivity index (χ4v) is 2.91. The number of nitrogens with one attached hydrogen (secondary N) is 1. The van der Waals surface area contributed by atoms with Gasteiger partial charge in [0, 0.05) is 16.8 Å². The van der Waals surface area contributed by atoms with E-state index in [9.17, 15) is 4.79 Å². The van der Waals surface area contributed by atoms with Crippen molar-refractivity contribution in [2.75, 3.05) is 5.73 Å². The van der Waals surface area contributed by atoms with Crippen molar-refractivity contribution in [1.82, 2.24) is 15.0 Å². The lowest BCUT2D eigenvalue weighted by atomic mass is 10.00. The molecule has 122 valence electrons. The molecule has 0 bridgehead atoms. The number of amides is 1. The molecule has 2 aromatic heterocycles. The molecule has 0 saturated heterocycles. The highest BCUT2D eigenvalue weighted by molar-refractivity contribution is 6.31. The fourth-order valence-electron chi connectivity index (χ4n) is 2.74. The van der Waals surface area contributed by atoms with Crippen LogP contribution in [0.3, 0.4) is 0 Å². The molecule has 3 aromatic rings. The first-order chi connectivity index (χ1) is 11.4. The minimum absolute atomic E-state index is 0.155. The molecule has 3 rings (SSSR count). The van der Waals surface area contributed by atoms with E-state index in [1.807, 2.05) is 19.9 Å². The Morgan fingerprint density at radius 1 is 1.21 bits per heavy atom. The van der Waals surface area contributed by atoms with Crippen LogP contribution in [-0.4, -0.2) is 20.9 Å². The van der Waals surface area contributed by atoms with Crippen molar-refractivity contribution in [1.29, 1.82) is 0 Å². The van der Waals surface area contributed by atoms with Gasteiger partial charge < -0.3 is 16.5 Å². The number of aromatic amines is 1. The van der Waals surface area contributed by atoms with Gasteiger partial charge in [-0.3, -0.25) is 4.79 Å². The zero-order valence-corrected chi connectivity index (χ0v) is 14.0. The number of H-pyrrole nitrogens is 1. The maximum absolute atomic E-state index is 12.0. The van der Waals surface area contributed by atoms with Crippen molar-refractivity contribution in [3.63, 3.8) is 0 Å². The predicted octanol–water partition coefficient (Wildman–Crippen LogP) is 3.09. The molecule has 2 heterocycles. The highest BCUT2D eigenvalue weighted by atomic mass is 35.5. The number of hydrogen-bond donors (Lipinski definition) is 3. The Kier molecular flexibility index (Phi) is 3.99. The zero-order chi connectivity index (χ0) is 17.4. The third kappa shape index (κ3) is 2.72. The smallest absolute Gasteiger partial charge is 0.251 e. The summed E-state index contributed by atoms with van der Waals surface area (Å²) in [7, 11) is 0. The van der Waals surface area contributed by atoms with Crippen LogP contribution in [0.5, 0.6) is 0 Å². The molecule has 0 fully saturated rings. The summed E-state index contributed by atoms with van der Waals surface area (Å²) in [5.74, 6) is -0.367. The number of aromatic nitrogens is 3. The molecular formula is C17H16ClN5O. The van der Waals surface area contributed by atoms with Crippen LogP contribution in [-0.2, 0) is 0 Å². The normalized spacial score (nSPS) is 10.8. The molecular weight excluding hydrogens is 326 g/mol. The van der Waals surface area contributed by atoms with Crippen LogP contribution in [0.25, 0.3) is 22.6 Å². The molecule has 1 aromatic carbocycles. The number of nitrogens with two attached hydrogens (primary N) is 2. The van der Waals surface area contributed by atoms with Gasteiger partial charge in [0.2, 0.25) is 5.95 Å². The Bertz CT molecular complexity index is 948. The van der Waals surface area contributed by atoms with Crippen LogP contribution >= 0.6 is 11.6 Å². The van der Waals surface area contributed by atoms with Gasteiger partial charge in [0.25, 0.3) is 5.91 Å². The Morgan fingerprint density at radius 2 is 1.96 bits per heavy atom. The maximum atomic E-state index is 12.0. The first-order valence-corrected chi connectivity index (χ1v) is 7.64. The van der Waals surface area contributed by atoms with Crippen LogP contribution in [0.4, 0.5) is 5.95 Å². The number of nitrogens with zero attached hydrogens (tertiary/aromatic N) is 2. The molecule has 0 saturated carbocycles. The van der Waals surface area contributed by atoms with E-state index in [2.05, 4.69) is 15.0 Å². The minimum Gasteiger partial charge on any atom is -0.368 e. The van der Waals surface area contributed by atoms with E-state index in [1.165, 1.54) is 0 Å². The molecule has 24 heavy (non-hydrogen) atoms. The van der Waals surface area contributed by atoms with E-state index < -0.39 is 5.91 Å². The Balaban J connectivity index is 2.29. The van der Waals surface area contributed by atoms with Crippen LogP contribution < -0.4 is 11.5 Å². The topological polar surface area (TPSA) is 111 Å². The third-order valence-corrected chi connectivity index (χ3v) is 4.13. The standard InChI is InChI=1S/C17H16ClN5O/c1-8-3-4-10(18)7-11(8)15-13(16(19)24)9(2)14(23-15)12-5-6-21-17(20)22-12/h3-7,23H,1-2H3,(H2,19,24)(H2,20,21,22). The Morgan fingerprint density at radius 3 is 2.62 bits per heavy atom. The van der Waals surface area contributed by atoms with E-state index in [0.29, 0.717) is 33.2 Å². The average molecular weight is 342 g/mol. The van der Waals surface area contributed by atoms with E-state index in [4.69, 9.17) is 23.1 Å². The number of benzene rings is 1. The molecule has 0 radical (unpaired) electrons. The lowest BCUT2D eigenvalue weighted by Crippen LogP contribution is -2.12. The molecule has 0 atom stereocenters. The zero-order valence-electron chi connectivity index (χ0n) is 13.2. The van der Waals surface area contributed by atoms with E-state index in [1.54, 1.807) is 24.4 Å². The summed E-state index contributed by atoms with van der Waals surface area (Å²) in [4.78, 5) is 23.4. The fraction of sp³-hybridized carbons (Fsp3) is 0.118. The predicted molar refractivity (Wildman–Crippen MR) is 94.7 cm³/mol. The largest absolute Gasteiger partial charge is 0.368 e.